The van der Waals surface area contributed by atoms with Crippen LogP contribution in [0.25, 0.3) is 0 Å². The standard InChI is InChI=1S/C21H27N5O3/c1-14(2)19-15(3)22-16(4)23-20(19)24-9-6-10-25(12-11-24)21(27)17-7-5-8-18(13-17)26(28)29/h5,7-8,13-14H,6,9-12H2,1-4H3. The largest absolute Gasteiger partial charge is 0.354 e. The molecule has 29 heavy (non-hydrogen) atoms. The lowest BCUT2D eigenvalue weighted by Crippen LogP contribution is -2.35. The van der Waals surface area contributed by atoms with Crippen molar-refractivity contribution < 1.29 is 9.72 Å². The molecule has 1 saturated heterocycles. The molecule has 154 valence electrons. The van der Waals surface area contributed by atoms with E-state index in [1.807, 2.05) is 13.8 Å². The topological polar surface area (TPSA) is 92.5 Å². The van der Waals surface area contributed by atoms with Gasteiger partial charge in [-0.2, -0.15) is 0 Å². The first-order valence-electron chi connectivity index (χ1n) is 9.91. The van der Waals surface area contributed by atoms with E-state index in [2.05, 4.69) is 23.7 Å². The Balaban J connectivity index is 1.80. The lowest BCUT2D eigenvalue weighted by Gasteiger charge is -2.27. The number of anilines is 1. The first-order valence-corrected chi connectivity index (χ1v) is 9.91. The van der Waals surface area contributed by atoms with Crippen molar-refractivity contribution in [2.24, 2.45) is 0 Å². The second-order valence-corrected chi connectivity index (χ2v) is 7.69. The molecular weight excluding hydrogens is 370 g/mol. The lowest BCUT2D eigenvalue weighted by molar-refractivity contribution is -0.384. The van der Waals surface area contributed by atoms with Crippen molar-refractivity contribution in [2.75, 3.05) is 31.1 Å². The van der Waals surface area contributed by atoms with Gasteiger partial charge in [0.1, 0.15) is 11.6 Å². The predicted octanol–water partition coefficient (Wildman–Crippen LogP) is 3.48. The number of carbonyl (C=O) groups is 1. The molecule has 0 saturated carbocycles. The highest BCUT2D eigenvalue weighted by Gasteiger charge is 2.25. The zero-order valence-electron chi connectivity index (χ0n) is 17.4. The Labute approximate surface area is 170 Å². The van der Waals surface area contributed by atoms with Gasteiger partial charge in [-0.15, -0.1) is 0 Å². The average Bonchev–Trinajstić information content (AvgIpc) is 2.92. The van der Waals surface area contributed by atoms with Gasteiger partial charge in [0.15, 0.2) is 0 Å². The molecule has 1 aliphatic heterocycles. The van der Waals surface area contributed by atoms with Crippen LogP contribution in [0.15, 0.2) is 24.3 Å². The summed E-state index contributed by atoms with van der Waals surface area (Å²) in [5.41, 5.74) is 2.43. The van der Waals surface area contributed by atoms with Crippen molar-refractivity contribution in [1.82, 2.24) is 14.9 Å². The molecule has 8 heteroatoms. The summed E-state index contributed by atoms with van der Waals surface area (Å²) in [6.45, 7) is 10.8. The third-order valence-corrected chi connectivity index (χ3v) is 5.19. The van der Waals surface area contributed by atoms with E-state index < -0.39 is 4.92 Å². The van der Waals surface area contributed by atoms with Crippen molar-refractivity contribution in [3.05, 3.63) is 57.0 Å². The summed E-state index contributed by atoms with van der Waals surface area (Å²) in [7, 11) is 0. The van der Waals surface area contributed by atoms with Crippen LogP contribution in [0.5, 0.6) is 0 Å². The van der Waals surface area contributed by atoms with Gasteiger partial charge in [-0.1, -0.05) is 19.9 Å². The van der Waals surface area contributed by atoms with Crippen LogP contribution < -0.4 is 4.90 Å². The molecule has 2 aromatic rings. The molecule has 0 spiro atoms. The first kappa shape index (κ1) is 20.7. The van der Waals surface area contributed by atoms with E-state index in [1.165, 1.54) is 12.1 Å². The fourth-order valence-electron chi connectivity index (χ4n) is 3.89. The van der Waals surface area contributed by atoms with Gasteiger partial charge in [0, 0.05) is 55.1 Å². The van der Waals surface area contributed by atoms with Crippen LogP contribution in [0.3, 0.4) is 0 Å². The summed E-state index contributed by atoms with van der Waals surface area (Å²) in [6, 6.07) is 5.93. The van der Waals surface area contributed by atoms with Crippen LogP contribution in [0.4, 0.5) is 11.5 Å². The highest BCUT2D eigenvalue weighted by molar-refractivity contribution is 5.94. The number of aryl methyl sites for hydroxylation is 2. The van der Waals surface area contributed by atoms with Crippen LogP contribution in [-0.4, -0.2) is 51.9 Å². The average molecular weight is 397 g/mol. The number of nitro groups is 1. The van der Waals surface area contributed by atoms with Crippen molar-refractivity contribution in [3.63, 3.8) is 0 Å². The van der Waals surface area contributed by atoms with Crippen molar-refractivity contribution in [1.29, 1.82) is 0 Å². The zero-order chi connectivity index (χ0) is 21.1. The first-order chi connectivity index (χ1) is 13.8. The Hall–Kier alpha value is -3.03. The fourth-order valence-corrected chi connectivity index (χ4v) is 3.89. The Kier molecular flexibility index (Phi) is 6.10. The molecule has 0 atom stereocenters. The van der Waals surface area contributed by atoms with Crippen LogP contribution in [-0.2, 0) is 0 Å². The molecule has 3 rings (SSSR count). The van der Waals surface area contributed by atoms with Crippen LogP contribution in [0.2, 0.25) is 0 Å². The second-order valence-electron chi connectivity index (χ2n) is 7.69. The smallest absolute Gasteiger partial charge is 0.270 e. The number of nitro benzene ring substituents is 1. The quantitative estimate of drug-likeness (QED) is 0.579. The van der Waals surface area contributed by atoms with E-state index in [0.29, 0.717) is 31.1 Å². The molecule has 1 amide bonds. The van der Waals surface area contributed by atoms with Gasteiger partial charge in [-0.05, 0) is 32.3 Å². The Morgan fingerprint density at radius 3 is 2.59 bits per heavy atom. The summed E-state index contributed by atoms with van der Waals surface area (Å²) in [4.78, 5) is 36.7. The number of amides is 1. The number of aromatic nitrogens is 2. The van der Waals surface area contributed by atoms with Crippen molar-refractivity contribution in [2.45, 2.75) is 40.0 Å². The summed E-state index contributed by atoms with van der Waals surface area (Å²) < 4.78 is 0. The molecule has 0 N–H and O–H groups in total. The summed E-state index contributed by atoms with van der Waals surface area (Å²) in [5.74, 6) is 1.83. The van der Waals surface area contributed by atoms with Gasteiger partial charge >= 0.3 is 0 Å². The Morgan fingerprint density at radius 2 is 1.90 bits per heavy atom. The number of non-ortho nitro benzene ring substituents is 1. The molecule has 0 radical (unpaired) electrons. The number of benzene rings is 1. The number of rotatable bonds is 4. The van der Waals surface area contributed by atoms with Gasteiger partial charge in [-0.25, -0.2) is 9.97 Å². The molecular formula is C21H27N5O3. The highest BCUT2D eigenvalue weighted by Crippen LogP contribution is 2.29. The molecule has 8 nitrogen and oxygen atoms in total. The van der Waals surface area contributed by atoms with Crippen molar-refractivity contribution in [3.8, 4) is 0 Å². The second kappa shape index (κ2) is 8.55. The van der Waals surface area contributed by atoms with Crippen LogP contribution >= 0.6 is 0 Å². The van der Waals surface area contributed by atoms with E-state index in [9.17, 15) is 14.9 Å². The molecule has 2 heterocycles. The Morgan fingerprint density at radius 1 is 1.14 bits per heavy atom. The zero-order valence-corrected chi connectivity index (χ0v) is 17.4. The normalized spacial score (nSPS) is 14.8. The maximum absolute atomic E-state index is 12.9. The summed E-state index contributed by atoms with van der Waals surface area (Å²) in [6.07, 6.45) is 0.806. The predicted molar refractivity (Wildman–Crippen MR) is 111 cm³/mol. The third-order valence-electron chi connectivity index (χ3n) is 5.19. The van der Waals surface area contributed by atoms with Crippen LogP contribution in [0, 0.1) is 24.0 Å². The summed E-state index contributed by atoms with van der Waals surface area (Å²) in [5, 5.41) is 11.0. The molecule has 1 aromatic carbocycles. The number of hydrogen-bond acceptors (Lipinski definition) is 6. The van der Waals surface area contributed by atoms with E-state index in [-0.39, 0.29) is 11.6 Å². The maximum atomic E-state index is 12.9. The van der Waals surface area contributed by atoms with E-state index in [4.69, 9.17) is 4.98 Å². The Bertz CT molecular complexity index is 929. The molecule has 0 aliphatic carbocycles. The molecule has 0 bridgehead atoms. The fraction of sp³-hybridized carbons (Fsp3) is 0.476. The van der Waals surface area contributed by atoms with Gasteiger partial charge in [0.05, 0.1) is 4.92 Å². The lowest BCUT2D eigenvalue weighted by atomic mass is 10.0. The minimum atomic E-state index is -0.478. The van der Waals surface area contributed by atoms with E-state index >= 15 is 0 Å². The summed E-state index contributed by atoms with van der Waals surface area (Å²) >= 11 is 0. The van der Waals surface area contributed by atoms with Crippen molar-refractivity contribution >= 4 is 17.4 Å². The molecule has 1 aromatic heterocycles. The number of nitrogens with zero attached hydrogens (tertiary/aromatic N) is 5. The van der Waals surface area contributed by atoms with Gasteiger partial charge < -0.3 is 9.80 Å². The van der Waals surface area contributed by atoms with Crippen LogP contribution in [0.1, 0.15) is 53.6 Å². The van der Waals surface area contributed by atoms with Gasteiger partial charge in [0.2, 0.25) is 0 Å². The SMILES string of the molecule is Cc1nc(C)c(C(C)C)c(N2CCCN(C(=O)c3cccc([N+](=O)[O-])c3)CC2)n1. The molecule has 1 fully saturated rings. The van der Waals surface area contributed by atoms with E-state index in [0.717, 1.165) is 35.9 Å². The van der Waals surface area contributed by atoms with Gasteiger partial charge in [-0.3, -0.25) is 14.9 Å². The third kappa shape index (κ3) is 4.52. The maximum Gasteiger partial charge on any atom is 0.270 e. The minimum Gasteiger partial charge on any atom is -0.354 e. The van der Waals surface area contributed by atoms with Gasteiger partial charge in [0.25, 0.3) is 11.6 Å². The molecule has 0 unspecified atom stereocenters. The molecule has 1 aliphatic rings. The minimum absolute atomic E-state index is 0.0687. The highest BCUT2D eigenvalue weighted by atomic mass is 16.6. The number of carbonyl (C=O) groups excluding carboxylic acids is 1. The monoisotopic (exact) mass is 397 g/mol. The number of hydrogen-bond donors (Lipinski definition) is 0. The van der Waals surface area contributed by atoms with E-state index in [1.54, 1.807) is 17.0 Å².